The van der Waals surface area contributed by atoms with E-state index >= 15 is 0 Å². The van der Waals surface area contributed by atoms with Crippen LogP contribution in [-0.2, 0) is 6.54 Å². The minimum atomic E-state index is 0. The summed E-state index contributed by atoms with van der Waals surface area (Å²) < 4.78 is 0. The molecule has 0 atom stereocenters. The van der Waals surface area contributed by atoms with Crippen LogP contribution in [0.5, 0.6) is 0 Å². The summed E-state index contributed by atoms with van der Waals surface area (Å²) in [6.45, 7) is 4.09. The maximum atomic E-state index is 5.60. The van der Waals surface area contributed by atoms with E-state index in [-0.39, 0.29) is 24.8 Å². The first-order valence-corrected chi connectivity index (χ1v) is 3.44. The van der Waals surface area contributed by atoms with E-state index in [9.17, 15) is 0 Å². The Morgan fingerprint density at radius 2 is 1.69 bits per heavy atom. The van der Waals surface area contributed by atoms with Gasteiger partial charge in [-0.25, -0.2) is 9.97 Å². The van der Waals surface area contributed by atoms with Crippen LogP contribution in [0.15, 0.2) is 0 Å². The first-order valence-electron chi connectivity index (χ1n) is 3.44. The second-order valence-corrected chi connectivity index (χ2v) is 2.42. The van der Waals surface area contributed by atoms with Gasteiger partial charge in [0.2, 0.25) is 0 Å². The van der Waals surface area contributed by atoms with Gasteiger partial charge in [-0.05, 0) is 13.8 Å². The third kappa shape index (κ3) is 3.34. The standard InChI is InChI=1S/C7H12N4.2ClH/c1-4-6(3-8)7(9)11-5(2)10-4;;/h3,8H2,1-2H3,(H2,9,10,11);2*1H. The van der Waals surface area contributed by atoms with Gasteiger partial charge in [0.15, 0.2) is 0 Å². The van der Waals surface area contributed by atoms with Crippen LogP contribution in [0.3, 0.4) is 0 Å². The molecule has 1 aromatic rings. The van der Waals surface area contributed by atoms with Crippen LogP contribution in [0, 0.1) is 13.8 Å². The monoisotopic (exact) mass is 224 g/mol. The summed E-state index contributed by atoms with van der Waals surface area (Å²) in [5.41, 5.74) is 12.8. The lowest BCUT2D eigenvalue weighted by Gasteiger charge is -2.05. The molecule has 1 aromatic heterocycles. The molecule has 0 aliphatic heterocycles. The number of halogens is 2. The van der Waals surface area contributed by atoms with Crippen molar-refractivity contribution >= 4 is 30.6 Å². The lowest BCUT2D eigenvalue weighted by molar-refractivity contribution is 0.940. The fraction of sp³-hybridized carbons (Fsp3) is 0.429. The number of nitrogens with zero attached hydrogens (tertiary/aromatic N) is 2. The van der Waals surface area contributed by atoms with Crippen LogP contribution in [0.4, 0.5) is 5.82 Å². The van der Waals surface area contributed by atoms with Crippen LogP contribution < -0.4 is 11.5 Å². The van der Waals surface area contributed by atoms with Crippen molar-refractivity contribution in [3.8, 4) is 0 Å². The van der Waals surface area contributed by atoms with E-state index in [1.54, 1.807) is 0 Å². The number of aryl methyl sites for hydroxylation is 2. The third-order valence-electron chi connectivity index (χ3n) is 1.56. The van der Waals surface area contributed by atoms with Gasteiger partial charge in [-0.3, -0.25) is 0 Å². The molecule has 0 fully saturated rings. The second kappa shape index (κ2) is 5.96. The summed E-state index contributed by atoms with van der Waals surface area (Å²) in [4.78, 5) is 8.13. The Morgan fingerprint density at radius 3 is 2.08 bits per heavy atom. The van der Waals surface area contributed by atoms with Crippen LogP contribution in [-0.4, -0.2) is 9.97 Å². The molecule has 0 unspecified atom stereocenters. The van der Waals surface area contributed by atoms with Gasteiger partial charge in [0.05, 0.1) is 0 Å². The van der Waals surface area contributed by atoms with Crippen LogP contribution in [0.25, 0.3) is 0 Å². The Labute approximate surface area is 90.0 Å². The highest BCUT2D eigenvalue weighted by Gasteiger charge is 2.03. The molecule has 0 aliphatic rings. The number of anilines is 1. The van der Waals surface area contributed by atoms with Gasteiger partial charge in [0, 0.05) is 17.8 Å². The number of nitrogen functional groups attached to an aromatic ring is 1. The molecular formula is C7H14Cl2N4. The highest BCUT2D eigenvalue weighted by Crippen LogP contribution is 2.10. The quantitative estimate of drug-likeness (QED) is 0.746. The Hall–Kier alpha value is -0.580. The smallest absolute Gasteiger partial charge is 0.131 e. The number of aromatic nitrogens is 2. The fourth-order valence-corrected chi connectivity index (χ4v) is 1.01. The average Bonchev–Trinajstić information content (AvgIpc) is 1.85. The molecule has 4 N–H and O–H groups in total. The minimum absolute atomic E-state index is 0. The average molecular weight is 225 g/mol. The molecule has 4 nitrogen and oxygen atoms in total. The van der Waals surface area contributed by atoms with Crippen LogP contribution >= 0.6 is 24.8 Å². The molecule has 76 valence electrons. The number of hydrogen-bond donors (Lipinski definition) is 2. The summed E-state index contributed by atoms with van der Waals surface area (Å²) in [5.74, 6) is 1.19. The van der Waals surface area contributed by atoms with E-state index in [1.807, 2.05) is 13.8 Å². The van der Waals surface area contributed by atoms with Crippen molar-refractivity contribution in [2.24, 2.45) is 5.73 Å². The fourth-order valence-electron chi connectivity index (χ4n) is 1.01. The Bertz CT molecular complexity index is 254. The van der Waals surface area contributed by atoms with Gasteiger partial charge >= 0.3 is 0 Å². The van der Waals surface area contributed by atoms with E-state index in [1.165, 1.54) is 0 Å². The Morgan fingerprint density at radius 1 is 1.15 bits per heavy atom. The zero-order chi connectivity index (χ0) is 8.43. The largest absolute Gasteiger partial charge is 0.383 e. The molecule has 13 heavy (non-hydrogen) atoms. The minimum Gasteiger partial charge on any atom is -0.383 e. The Kier molecular flexibility index (Phi) is 6.84. The van der Waals surface area contributed by atoms with E-state index < -0.39 is 0 Å². The van der Waals surface area contributed by atoms with Crippen molar-refractivity contribution in [2.75, 3.05) is 5.73 Å². The summed E-state index contributed by atoms with van der Waals surface area (Å²) >= 11 is 0. The van der Waals surface area contributed by atoms with E-state index in [0.29, 0.717) is 18.2 Å². The first-order chi connectivity index (χ1) is 5.15. The van der Waals surface area contributed by atoms with E-state index in [4.69, 9.17) is 11.5 Å². The normalized spacial score (nSPS) is 8.54. The molecule has 0 spiro atoms. The van der Waals surface area contributed by atoms with Crippen molar-refractivity contribution in [1.29, 1.82) is 0 Å². The molecule has 0 amide bonds. The highest BCUT2D eigenvalue weighted by atomic mass is 35.5. The zero-order valence-electron chi connectivity index (χ0n) is 7.57. The molecule has 0 aromatic carbocycles. The predicted molar refractivity (Wildman–Crippen MR) is 58.3 cm³/mol. The van der Waals surface area contributed by atoms with Gasteiger partial charge in [-0.15, -0.1) is 24.8 Å². The maximum Gasteiger partial charge on any atom is 0.131 e. The SMILES string of the molecule is Cc1nc(C)c(CN)c(N)n1.Cl.Cl. The van der Waals surface area contributed by atoms with Crippen molar-refractivity contribution in [2.45, 2.75) is 20.4 Å². The number of rotatable bonds is 1. The predicted octanol–water partition coefficient (Wildman–Crippen LogP) is 0.978. The number of nitrogens with two attached hydrogens (primary N) is 2. The van der Waals surface area contributed by atoms with E-state index in [0.717, 1.165) is 11.3 Å². The molecule has 1 heterocycles. The van der Waals surface area contributed by atoms with Crippen molar-refractivity contribution in [3.63, 3.8) is 0 Å². The molecule has 0 aliphatic carbocycles. The summed E-state index contributed by atoms with van der Waals surface area (Å²) in [7, 11) is 0. The van der Waals surface area contributed by atoms with Crippen molar-refractivity contribution in [1.82, 2.24) is 9.97 Å². The summed E-state index contributed by atoms with van der Waals surface area (Å²) in [6, 6.07) is 0. The third-order valence-corrected chi connectivity index (χ3v) is 1.56. The van der Waals surface area contributed by atoms with Crippen molar-refractivity contribution in [3.05, 3.63) is 17.1 Å². The zero-order valence-corrected chi connectivity index (χ0v) is 9.21. The molecule has 0 radical (unpaired) electrons. The van der Waals surface area contributed by atoms with E-state index in [2.05, 4.69) is 9.97 Å². The van der Waals surface area contributed by atoms with Gasteiger partial charge in [0.25, 0.3) is 0 Å². The highest BCUT2D eigenvalue weighted by molar-refractivity contribution is 5.85. The van der Waals surface area contributed by atoms with Gasteiger partial charge < -0.3 is 11.5 Å². The topological polar surface area (TPSA) is 77.8 Å². The lowest BCUT2D eigenvalue weighted by atomic mass is 10.2. The van der Waals surface area contributed by atoms with Gasteiger partial charge in [-0.1, -0.05) is 0 Å². The molecule has 0 saturated carbocycles. The summed E-state index contributed by atoms with van der Waals surface area (Å²) in [6.07, 6.45) is 0. The van der Waals surface area contributed by atoms with Crippen molar-refractivity contribution < 1.29 is 0 Å². The molecule has 6 heteroatoms. The second-order valence-electron chi connectivity index (χ2n) is 2.42. The van der Waals surface area contributed by atoms with Crippen LogP contribution in [0.1, 0.15) is 17.1 Å². The molecule has 0 bridgehead atoms. The lowest BCUT2D eigenvalue weighted by Crippen LogP contribution is -2.09. The van der Waals surface area contributed by atoms with Gasteiger partial charge in [-0.2, -0.15) is 0 Å². The Balaban J connectivity index is 0. The maximum absolute atomic E-state index is 5.60. The molecule has 0 saturated heterocycles. The molecule has 1 rings (SSSR count). The number of hydrogen-bond acceptors (Lipinski definition) is 4. The molecular weight excluding hydrogens is 211 g/mol. The van der Waals surface area contributed by atoms with Crippen LogP contribution in [0.2, 0.25) is 0 Å². The first kappa shape index (κ1) is 14.9. The van der Waals surface area contributed by atoms with Gasteiger partial charge in [0.1, 0.15) is 11.6 Å². The summed E-state index contributed by atoms with van der Waals surface area (Å²) in [5, 5.41) is 0.